The van der Waals surface area contributed by atoms with Gasteiger partial charge in [0.25, 0.3) is 5.56 Å². The summed E-state index contributed by atoms with van der Waals surface area (Å²) in [5.41, 5.74) is 2.16. The van der Waals surface area contributed by atoms with Gasteiger partial charge < -0.3 is 0 Å². The third-order valence-electron chi connectivity index (χ3n) is 3.68. The average molecular weight is 324 g/mol. The van der Waals surface area contributed by atoms with Gasteiger partial charge >= 0.3 is 0 Å². The number of para-hydroxylation sites is 1. The standard InChI is InChI=1S/C17H20N6O/c1-11-10-18-20-15(11)21-19-13-14(17(2,3)4)22-23(16(13)24)12-8-6-5-7-9-12/h5-10,22H,1-4H3,(H,18,20). The minimum atomic E-state index is -0.281. The first-order chi connectivity index (χ1) is 11.4. The minimum Gasteiger partial charge on any atom is -0.292 e. The summed E-state index contributed by atoms with van der Waals surface area (Å²) < 4.78 is 1.49. The number of benzene rings is 1. The Hall–Kier alpha value is -2.96. The topological polar surface area (TPSA) is 91.2 Å². The molecular formula is C17H20N6O. The van der Waals surface area contributed by atoms with Crippen LogP contribution >= 0.6 is 0 Å². The molecule has 0 unspecified atom stereocenters. The molecule has 0 fully saturated rings. The Labute approximate surface area is 139 Å². The maximum absolute atomic E-state index is 12.8. The Morgan fingerprint density at radius 1 is 1.12 bits per heavy atom. The van der Waals surface area contributed by atoms with Gasteiger partial charge in [0.05, 0.1) is 17.6 Å². The van der Waals surface area contributed by atoms with Gasteiger partial charge in [-0.05, 0) is 19.1 Å². The van der Waals surface area contributed by atoms with Crippen LogP contribution in [0.4, 0.5) is 11.5 Å². The lowest BCUT2D eigenvalue weighted by Crippen LogP contribution is -2.14. The Balaban J connectivity index is 2.14. The molecule has 0 saturated heterocycles. The maximum Gasteiger partial charge on any atom is 0.299 e. The lowest BCUT2D eigenvalue weighted by molar-refractivity contribution is 0.560. The van der Waals surface area contributed by atoms with E-state index in [1.165, 1.54) is 4.68 Å². The van der Waals surface area contributed by atoms with Crippen LogP contribution in [0.3, 0.4) is 0 Å². The number of rotatable bonds is 3. The van der Waals surface area contributed by atoms with E-state index < -0.39 is 0 Å². The predicted molar refractivity (Wildman–Crippen MR) is 92.6 cm³/mol. The van der Waals surface area contributed by atoms with Crippen LogP contribution in [-0.4, -0.2) is 20.0 Å². The van der Waals surface area contributed by atoms with E-state index in [1.807, 2.05) is 58.0 Å². The molecule has 0 radical (unpaired) electrons. The molecule has 0 bridgehead atoms. The van der Waals surface area contributed by atoms with Crippen LogP contribution in [0.15, 0.2) is 51.6 Å². The summed E-state index contributed by atoms with van der Waals surface area (Å²) in [7, 11) is 0. The van der Waals surface area contributed by atoms with Crippen molar-refractivity contribution in [3.63, 3.8) is 0 Å². The number of hydrogen-bond acceptors (Lipinski definition) is 4. The summed E-state index contributed by atoms with van der Waals surface area (Å²) in [6.45, 7) is 7.94. The molecule has 124 valence electrons. The molecule has 0 atom stereocenters. The first-order valence-electron chi connectivity index (χ1n) is 7.70. The highest BCUT2D eigenvalue weighted by molar-refractivity contribution is 5.47. The van der Waals surface area contributed by atoms with Gasteiger partial charge in [-0.3, -0.25) is 15.0 Å². The molecule has 0 aliphatic heterocycles. The molecule has 3 rings (SSSR count). The summed E-state index contributed by atoms with van der Waals surface area (Å²) in [4.78, 5) is 12.8. The largest absolute Gasteiger partial charge is 0.299 e. The van der Waals surface area contributed by atoms with E-state index in [0.29, 0.717) is 11.5 Å². The molecule has 0 aliphatic carbocycles. The summed E-state index contributed by atoms with van der Waals surface area (Å²) in [5.74, 6) is 0.543. The van der Waals surface area contributed by atoms with Gasteiger partial charge in [0.1, 0.15) is 0 Å². The van der Waals surface area contributed by atoms with Crippen molar-refractivity contribution in [2.75, 3.05) is 0 Å². The summed E-state index contributed by atoms with van der Waals surface area (Å²) in [6, 6.07) is 9.40. The second-order valence-corrected chi connectivity index (χ2v) is 6.66. The Kier molecular flexibility index (Phi) is 3.92. The van der Waals surface area contributed by atoms with Crippen LogP contribution in [0, 0.1) is 6.92 Å². The third-order valence-corrected chi connectivity index (χ3v) is 3.68. The molecule has 7 heteroatoms. The number of aromatic nitrogens is 4. The van der Waals surface area contributed by atoms with Gasteiger partial charge in [0.2, 0.25) is 0 Å². The van der Waals surface area contributed by atoms with E-state index in [4.69, 9.17) is 0 Å². The van der Waals surface area contributed by atoms with Crippen molar-refractivity contribution < 1.29 is 0 Å². The summed E-state index contributed by atoms with van der Waals surface area (Å²) in [6.07, 6.45) is 1.67. The lowest BCUT2D eigenvalue weighted by atomic mass is 9.91. The van der Waals surface area contributed by atoms with Crippen molar-refractivity contribution in [1.29, 1.82) is 0 Å². The average Bonchev–Trinajstić information content (AvgIpc) is 3.09. The molecule has 0 spiro atoms. The van der Waals surface area contributed by atoms with E-state index in [1.54, 1.807) is 6.20 Å². The summed E-state index contributed by atoms with van der Waals surface area (Å²) >= 11 is 0. The molecule has 1 aromatic carbocycles. The zero-order valence-electron chi connectivity index (χ0n) is 14.2. The molecule has 24 heavy (non-hydrogen) atoms. The Morgan fingerprint density at radius 2 is 1.83 bits per heavy atom. The van der Waals surface area contributed by atoms with Gasteiger partial charge in [0, 0.05) is 11.0 Å². The van der Waals surface area contributed by atoms with Crippen LogP contribution in [-0.2, 0) is 5.41 Å². The molecule has 0 aliphatic rings. The van der Waals surface area contributed by atoms with Crippen molar-refractivity contribution >= 4 is 11.5 Å². The van der Waals surface area contributed by atoms with Gasteiger partial charge in [-0.15, -0.1) is 10.2 Å². The fourth-order valence-corrected chi connectivity index (χ4v) is 2.34. The van der Waals surface area contributed by atoms with Gasteiger partial charge in [-0.25, -0.2) is 4.68 Å². The Morgan fingerprint density at radius 3 is 2.42 bits per heavy atom. The normalized spacial score (nSPS) is 12.2. The van der Waals surface area contributed by atoms with E-state index >= 15 is 0 Å². The second kappa shape index (κ2) is 5.92. The Bertz CT molecular complexity index is 924. The number of azo groups is 1. The number of H-pyrrole nitrogens is 2. The molecular weight excluding hydrogens is 304 g/mol. The SMILES string of the molecule is Cc1cn[nH]c1N=Nc1c(C(C)(C)C)[nH]n(-c2ccccc2)c1=O. The molecule has 2 N–H and O–H groups in total. The molecule has 2 aromatic heterocycles. The molecule has 3 aromatic rings. The van der Waals surface area contributed by atoms with Crippen molar-refractivity contribution in [2.45, 2.75) is 33.1 Å². The van der Waals surface area contributed by atoms with E-state index in [-0.39, 0.29) is 11.0 Å². The first-order valence-corrected chi connectivity index (χ1v) is 7.70. The number of aryl methyl sites for hydroxylation is 1. The van der Waals surface area contributed by atoms with Gasteiger partial charge in [0.15, 0.2) is 11.5 Å². The quantitative estimate of drug-likeness (QED) is 0.715. The number of hydrogen-bond donors (Lipinski definition) is 2. The highest BCUT2D eigenvalue weighted by Gasteiger charge is 2.25. The van der Waals surface area contributed by atoms with Gasteiger partial charge in [-0.2, -0.15) is 5.10 Å². The monoisotopic (exact) mass is 324 g/mol. The second-order valence-electron chi connectivity index (χ2n) is 6.66. The fraction of sp³-hybridized carbons (Fsp3) is 0.294. The van der Waals surface area contributed by atoms with E-state index in [9.17, 15) is 4.79 Å². The number of nitrogens with zero attached hydrogens (tertiary/aromatic N) is 4. The molecule has 7 nitrogen and oxygen atoms in total. The summed E-state index contributed by atoms with van der Waals surface area (Å²) in [5, 5.41) is 18.2. The van der Waals surface area contributed by atoms with Crippen molar-refractivity contribution in [2.24, 2.45) is 10.2 Å². The van der Waals surface area contributed by atoms with E-state index in [0.717, 1.165) is 16.9 Å². The zero-order valence-corrected chi connectivity index (χ0v) is 14.2. The van der Waals surface area contributed by atoms with Crippen LogP contribution in [0.25, 0.3) is 5.69 Å². The number of nitrogens with one attached hydrogen (secondary N) is 2. The smallest absolute Gasteiger partial charge is 0.292 e. The highest BCUT2D eigenvalue weighted by atomic mass is 16.1. The molecule has 2 heterocycles. The maximum atomic E-state index is 12.8. The minimum absolute atomic E-state index is 0.230. The lowest BCUT2D eigenvalue weighted by Gasteiger charge is -2.16. The first kappa shape index (κ1) is 15.9. The van der Waals surface area contributed by atoms with Crippen molar-refractivity contribution in [3.05, 3.63) is 58.1 Å². The molecule has 0 saturated carbocycles. The van der Waals surface area contributed by atoms with Crippen LogP contribution in [0.1, 0.15) is 32.0 Å². The predicted octanol–water partition coefficient (Wildman–Crippen LogP) is 3.91. The highest BCUT2D eigenvalue weighted by Crippen LogP contribution is 2.29. The van der Waals surface area contributed by atoms with Gasteiger partial charge in [-0.1, -0.05) is 39.0 Å². The zero-order chi connectivity index (χ0) is 17.3. The third kappa shape index (κ3) is 2.92. The van der Waals surface area contributed by atoms with Crippen LogP contribution < -0.4 is 5.56 Å². The number of aromatic amines is 2. The van der Waals surface area contributed by atoms with Crippen molar-refractivity contribution in [1.82, 2.24) is 20.0 Å². The van der Waals surface area contributed by atoms with E-state index in [2.05, 4.69) is 25.5 Å². The van der Waals surface area contributed by atoms with Crippen molar-refractivity contribution in [3.8, 4) is 5.69 Å². The van der Waals surface area contributed by atoms with Crippen LogP contribution in [0.2, 0.25) is 0 Å². The molecule has 0 amide bonds. The van der Waals surface area contributed by atoms with Crippen LogP contribution in [0.5, 0.6) is 0 Å². The fourth-order valence-electron chi connectivity index (χ4n) is 2.34.